The topological polar surface area (TPSA) is 90.2 Å². The predicted molar refractivity (Wildman–Crippen MR) is 78.9 cm³/mol. The molecule has 0 heterocycles. The lowest BCUT2D eigenvalue weighted by Crippen LogP contribution is -2.41. The van der Waals surface area contributed by atoms with Crippen molar-refractivity contribution in [1.29, 1.82) is 5.26 Å². The Hall–Kier alpha value is -1.65. The fraction of sp³-hybridized carbons (Fsp3) is 0.308. The Bertz CT molecular complexity index is 555. The number of nitrogens with zero attached hydrogens (tertiary/aromatic N) is 1. The number of carboxylic acids is 1. The van der Waals surface area contributed by atoms with E-state index in [1.807, 2.05) is 18.4 Å². The average Bonchev–Trinajstić information content (AvgIpc) is 2.42. The Morgan fingerprint density at radius 2 is 2.10 bits per heavy atom. The van der Waals surface area contributed by atoms with Gasteiger partial charge in [-0.15, -0.1) is 23.5 Å². The summed E-state index contributed by atoms with van der Waals surface area (Å²) in [5.74, 6) is -1.31. The summed E-state index contributed by atoms with van der Waals surface area (Å²) in [5.41, 5.74) is 0.539. The second-order valence-corrected chi connectivity index (χ2v) is 5.76. The lowest BCUT2D eigenvalue weighted by Gasteiger charge is -2.13. The van der Waals surface area contributed by atoms with Crippen molar-refractivity contribution in [3.8, 4) is 6.07 Å². The number of benzene rings is 1. The zero-order valence-corrected chi connectivity index (χ0v) is 12.7. The predicted octanol–water partition coefficient (Wildman–Crippen LogP) is 1.96. The minimum Gasteiger partial charge on any atom is -0.480 e. The highest BCUT2D eigenvalue weighted by Crippen LogP contribution is 2.30. The SMILES string of the molecule is CSc1cccc(SC[C@H](NC(C)=O)C(=O)O)c1C#N. The van der Waals surface area contributed by atoms with Crippen molar-refractivity contribution in [2.75, 3.05) is 12.0 Å². The molecule has 0 saturated heterocycles. The molecule has 1 amide bonds. The molecule has 20 heavy (non-hydrogen) atoms. The van der Waals surface area contributed by atoms with Gasteiger partial charge in [0.25, 0.3) is 0 Å². The number of nitrogens with one attached hydrogen (secondary N) is 1. The molecule has 0 radical (unpaired) electrons. The fourth-order valence-corrected chi connectivity index (χ4v) is 3.19. The van der Waals surface area contributed by atoms with E-state index in [1.54, 1.807) is 6.07 Å². The molecule has 0 saturated carbocycles. The average molecular weight is 310 g/mol. The van der Waals surface area contributed by atoms with Gasteiger partial charge in [-0.1, -0.05) is 6.07 Å². The van der Waals surface area contributed by atoms with Crippen molar-refractivity contribution in [2.45, 2.75) is 22.8 Å². The van der Waals surface area contributed by atoms with Gasteiger partial charge in [-0.2, -0.15) is 5.26 Å². The second kappa shape index (κ2) is 7.82. The monoisotopic (exact) mass is 310 g/mol. The van der Waals surface area contributed by atoms with Crippen LogP contribution in [0.1, 0.15) is 12.5 Å². The van der Waals surface area contributed by atoms with Crippen LogP contribution in [-0.2, 0) is 9.59 Å². The fourth-order valence-electron chi connectivity index (χ4n) is 1.50. The van der Waals surface area contributed by atoms with Crippen LogP contribution in [0.25, 0.3) is 0 Å². The highest BCUT2D eigenvalue weighted by molar-refractivity contribution is 8.00. The first kappa shape index (κ1) is 16.4. The molecule has 106 valence electrons. The Kier molecular flexibility index (Phi) is 6.42. The van der Waals surface area contributed by atoms with Crippen molar-refractivity contribution in [1.82, 2.24) is 5.32 Å². The zero-order chi connectivity index (χ0) is 15.1. The van der Waals surface area contributed by atoms with E-state index in [0.717, 1.165) is 9.79 Å². The van der Waals surface area contributed by atoms with Gasteiger partial charge in [-0.05, 0) is 18.4 Å². The molecule has 1 rings (SSSR count). The van der Waals surface area contributed by atoms with Crippen LogP contribution in [-0.4, -0.2) is 35.0 Å². The highest BCUT2D eigenvalue weighted by atomic mass is 32.2. The number of rotatable bonds is 6. The summed E-state index contributed by atoms with van der Waals surface area (Å²) in [7, 11) is 0. The van der Waals surface area contributed by atoms with Gasteiger partial charge in [0, 0.05) is 22.5 Å². The molecular formula is C13H14N2O3S2. The Balaban J connectivity index is 2.86. The van der Waals surface area contributed by atoms with E-state index in [4.69, 9.17) is 5.11 Å². The van der Waals surface area contributed by atoms with E-state index >= 15 is 0 Å². The van der Waals surface area contributed by atoms with E-state index in [2.05, 4.69) is 11.4 Å². The van der Waals surface area contributed by atoms with Crippen LogP contribution >= 0.6 is 23.5 Å². The standard InChI is InChI=1S/C13H14N2O3S2/c1-8(16)15-10(13(17)18)7-20-12-5-3-4-11(19-2)9(12)6-14/h3-5,10H,7H2,1-2H3,(H,15,16)(H,17,18)/t10-/m0/s1. The first-order chi connectivity index (χ1) is 9.49. The smallest absolute Gasteiger partial charge is 0.327 e. The van der Waals surface area contributed by atoms with Gasteiger partial charge in [0.05, 0.1) is 5.56 Å². The Labute approximate surface area is 125 Å². The quantitative estimate of drug-likeness (QED) is 0.781. The molecule has 1 atom stereocenters. The number of carboxylic acid groups (broad SMARTS) is 1. The normalized spacial score (nSPS) is 11.4. The third-order valence-electron chi connectivity index (χ3n) is 2.40. The molecule has 1 aromatic carbocycles. The van der Waals surface area contributed by atoms with Crippen LogP contribution in [0.5, 0.6) is 0 Å². The molecule has 0 spiro atoms. The first-order valence-electron chi connectivity index (χ1n) is 5.69. The summed E-state index contributed by atoms with van der Waals surface area (Å²) in [6.07, 6.45) is 1.88. The number of aliphatic carboxylic acids is 1. The maximum Gasteiger partial charge on any atom is 0.327 e. The van der Waals surface area contributed by atoms with Crippen molar-refractivity contribution >= 4 is 35.4 Å². The van der Waals surface area contributed by atoms with Crippen LogP contribution in [0.4, 0.5) is 0 Å². The molecule has 0 aliphatic heterocycles. The van der Waals surface area contributed by atoms with E-state index in [0.29, 0.717) is 5.56 Å². The number of amides is 1. The Morgan fingerprint density at radius 3 is 2.60 bits per heavy atom. The van der Waals surface area contributed by atoms with Gasteiger partial charge < -0.3 is 10.4 Å². The highest BCUT2D eigenvalue weighted by Gasteiger charge is 2.19. The minimum absolute atomic E-state index is 0.168. The summed E-state index contributed by atoms with van der Waals surface area (Å²) in [4.78, 5) is 23.6. The van der Waals surface area contributed by atoms with Gasteiger partial charge in [0.2, 0.25) is 5.91 Å². The third kappa shape index (κ3) is 4.47. The number of hydrogen-bond donors (Lipinski definition) is 2. The molecule has 5 nitrogen and oxygen atoms in total. The van der Waals surface area contributed by atoms with Crippen LogP contribution in [0.15, 0.2) is 28.0 Å². The van der Waals surface area contributed by atoms with Crippen LogP contribution in [0, 0.1) is 11.3 Å². The lowest BCUT2D eigenvalue weighted by atomic mass is 10.2. The molecule has 0 aromatic heterocycles. The maximum absolute atomic E-state index is 11.0. The molecule has 0 aliphatic rings. The maximum atomic E-state index is 11.0. The summed E-state index contributed by atoms with van der Waals surface area (Å²) < 4.78 is 0. The third-order valence-corrected chi connectivity index (χ3v) is 4.33. The summed E-state index contributed by atoms with van der Waals surface area (Å²) >= 11 is 2.71. The molecule has 0 unspecified atom stereocenters. The van der Waals surface area contributed by atoms with E-state index < -0.39 is 17.9 Å². The van der Waals surface area contributed by atoms with E-state index in [9.17, 15) is 14.9 Å². The number of carbonyl (C=O) groups is 2. The summed E-state index contributed by atoms with van der Waals surface area (Å²) in [5, 5.41) is 20.6. The number of thioether (sulfide) groups is 2. The first-order valence-corrected chi connectivity index (χ1v) is 7.90. The van der Waals surface area contributed by atoms with Gasteiger partial charge in [0.15, 0.2) is 0 Å². The Morgan fingerprint density at radius 1 is 1.45 bits per heavy atom. The molecular weight excluding hydrogens is 296 g/mol. The van der Waals surface area contributed by atoms with Crippen molar-refractivity contribution < 1.29 is 14.7 Å². The summed E-state index contributed by atoms with van der Waals surface area (Å²) in [6, 6.07) is 6.60. The van der Waals surface area contributed by atoms with E-state index in [-0.39, 0.29) is 5.75 Å². The van der Waals surface area contributed by atoms with Crippen molar-refractivity contribution in [3.05, 3.63) is 23.8 Å². The minimum atomic E-state index is -1.09. The van der Waals surface area contributed by atoms with Gasteiger partial charge in [0.1, 0.15) is 12.1 Å². The number of hydrogen-bond acceptors (Lipinski definition) is 5. The van der Waals surface area contributed by atoms with Crippen LogP contribution in [0.3, 0.4) is 0 Å². The molecule has 1 aromatic rings. The molecule has 2 N–H and O–H groups in total. The zero-order valence-electron chi connectivity index (χ0n) is 11.0. The van der Waals surface area contributed by atoms with Gasteiger partial charge in [-0.3, -0.25) is 4.79 Å². The number of carbonyl (C=O) groups excluding carboxylic acids is 1. The van der Waals surface area contributed by atoms with Crippen LogP contribution < -0.4 is 5.32 Å². The number of nitriles is 1. The molecule has 0 fully saturated rings. The largest absolute Gasteiger partial charge is 0.480 e. The molecule has 0 aliphatic carbocycles. The van der Waals surface area contributed by atoms with Crippen molar-refractivity contribution in [2.24, 2.45) is 0 Å². The molecule has 7 heteroatoms. The van der Waals surface area contributed by atoms with Gasteiger partial charge >= 0.3 is 5.97 Å². The summed E-state index contributed by atoms with van der Waals surface area (Å²) in [6.45, 7) is 1.27. The van der Waals surface area contributed by atoms with Crippen molar-refractivity contribution in [3.63, 3.8) is 0 Å². The lowest BCUT2D eigenvalue weighted by molar-refractivity contribution is -0.140. The van der Waals surface area contributed by atoms with E-state index in [1.165, 1.54) is 30.4 Å². The van der Waals surface area contributed by atoms with Crippen LogP contribution in [0.2, 0.25) is 0 Å². The second-order valence-electron chi connectivity index (χ2n) is 3.85. The molecule has 0 bridgehead atoms. The van der Waals surface area contributed by atoms with Gasteiger partial charge in [-0.25, -0.2) is 4.79 Å².